The van der Waals surface area contributed by atoms with Crippen LogP contribution in [0.15, 0.2) is 30.3 Å². The van der Waals surface area contributed by atoms with E-state index in [1.54, 1.807) is 19.1 Å². The van der Waals surface area contributed by atoms with Gasteiger partial charge in [0.1, 0.15) is 5.75 Å². The van der Waals surface area contributed by atoms with Gasteiger partial charge in [0.25, 0.3) is 0 Å². The van der Waals surface area contributed by atoms with Crippen LogP contribution in [0.1, 0.15) is 5.56 Å². The number of halogens is 2. The Morgan fingerprint density at radius 3 is 2.35 bits per heavy atom. The van der Waals surface area contributed by atoms with Gasteiger partial charge in [0.15, 0.2) is 11.5 Å². The fourth-order valence-corrected chi connectivity index (χ4v) is 2.20. The van der Waals surface area contributed by atoms with Gasteiger partial charge < -0.3 is 19.9 Å². The molecule has 0 atom stereocenters. The third-order valence-corrected chi connectivity index (χ3v) is 3.20. The van der Waals surface area contributed by atoms with Crippen LogP contribution in [0.4, 0.5) is 0 Å². The van der Waals surface area contributed by atoms with E-state index in [1.165, 1.54) is 18.2 Å². The first-order valence-corrected chi connectivity index (χ1v) is 6.46. The summed E-state index contributed by atoms with van der Waals surface area (Å²) in [4.78, 5) is 0. The fourth-order valence-electron chi connectivity index (χ4n) is 1.72. The van der Waals surface area contributed by atoms with E-state index in [0.717, 1.165) is 0 Å². The fraction of sp³-hybridized carbons (Fsp3) is 0.0769. The Hall–Kier alpha value is -1.40. The monoisotopic (exact) mass is 312 g/mol. The van der Waals surface area contributed by atoms with Crippen LogP contribution in [0.5, 0.6) is 17.2 Å². The summed E-state index contributed by atoms with van der Waals surface area (Å²) in [6.07, 6.45) is 0. The maximum Gasteiger partial charge on any atom is 0.488 e. The van der Waals surface area contributed by atoms with E-state index in [-0.39, 0.29) is 22.0 Å². The zero-order valence-corrected chi connectivity index (χ0v) is 12.0. The summed E-state index contributed by atoms with van der Waals surface area (Å²) in [6, 6.07) is 7.38. The van der Waals surface area contributed by atoms with Crippen LogP contribution in [-0.4, -0.2) is 22.3 Å². The maximum atomic E-state index is 9.74. The summed E-state index contributed by atoms with van der Waals surface area (Å²) in [5.74, 6) is 0.421. The Morgan fingerprint density at radius 2 is 1.80 bits per heavy atom. The summed E-state index contributed by atoms with van der Waals surface area (Å²) in [5.41, 5.74) is 0.870. The molecule has 0 radical (unpaired) electrons. The number of aryl methyl sites for hydroxylation is 1. The lowest BCUT2D eigenvalue weighted by atomic mass is 9.79. The summed E-state index contributed by atoms with van der Waals surface area (Å²) in [5, 5.41) is 28.6. The van der Waals surface area contributed by atoms with Gasteiger partial charge in [-0.3, -0.25) is 0 Å². The Kier molecular flexibility index (Phi) is 4.45. The number of benzene rings is 2. The summed E-state index contributed by atoms with van der Waals surface area (Å²) in [7, 11) is -1.61. The second-order valence-corrected chi connectivity index (χ2v) is 5.08. The Balaban J connectivity index is 2.39. The molecule has 7 heteroatoms. The minimum absolute atomic E-state index is 0.112. The number of aromatic hydroxyl groups is 1. The molecule has 0 unspecified atom stereocenters. The zero-order chi connectivity index (χ0) is 14.9. The molecule has 0 fully saturated rings. The number of hydrogen-bond acceptors (Lipinski definition) is 4. The van der Waals surface area contributed by atoms with Gasteiger partial charge in [0, 0.05) is 11.1 Å². The minimum Gasteiger partial charge on any atom is -0.504 e. The van der Waals surface area contributed by atoms with Gasteiger partial charge in [-0.25, -0.2) is 0 Å². The lowest BCUT2D eigenvalue weighted by Gasteiger charge is -2.13. The van der Waals surface area contributed by atoms with Crippen molar-refractivity contribution in [1.29, 1.82) is 0 Å². The van der Waals surface area contributed by atoms with E-state index in [2.05, 4.69) is 0 Å². The topological polar surface area (TPSA) is 69.9 Å². The molecule has 0 spiro atoms. The van der Waals surface area contributed by atoms with Crippen molar-refractivity contribution in [2.75, 3.05) is 0 Å². The van der Waals surface area contributed by atoms with Crippen molar-refractivity contribution in [1.82, 2.24) is 0 Å². The zero-order valence-electron chi connectivity index (χ0n) is 10.5. The van der Waals surface area contributed by atoms with E-state index in [4.69, 9.17) is 38.0 Å². The van der Waals surface area contributed by atoms with Crippen LogP contribution < -0.4 is 10.2 Å². The van der Waals surface area contributed by atoms with Gasteiger partial charge >= 0.3 is 7.12 Å². The van der Waals surface area contributed by atoms with Crippen LogP contribution in [0, 0.1) is 6.92 Å². The number of hydrogen-bond donors (Lipinski definition) is 3. The lowest BCUT2D eigenvalue weighted by molar-refractivity contribution is 0.409. The van der Waals surface area contributed by atoms with Gasteiger partial charge in [-0.15, -0.1) is 0 Å². The number of rotatable bonds is 3. The van der Waals surface area contributed by atoms with Crippen LogP contribution in [0.3, 0.4) is 0 Å². The highest BCUT2D eigenvalue weighted by Crippen LogP contribution is 2.37. The van der Waals surface area contributed by atoms with Gasteiger partial charge in [0.2, 0.25) is 0 Å². The predicted octanol–water partition coefficient (Wildman–Crippen LogP) is 2.48. The quantitative estimate of drug-likeness (QED) is 0.762. The van der Waals surface area contributed by atoms with Gasteiger partial charge in [-0.2, -0.15) is 0 Å². The smallest absolute Gasteiger partial charge is 0.488 e. The molecular weight excluding hydrogens is 302 g/mol. The van der Waals surface area contributed by atoms with Gasteiger partial charge in [0.05, 0.1) is 5.02 Å². The molecule has 0 aromatic heterocycles. The Bertz CT molecular complexity index is 623. The van der Waals surface area contributed by atoms with E-state index in [0.29, 0.717) is 16.3 Å². The molecule has 4 nitrogen and oxygen atoms in total. The molecule has 20 heavy (non-hydrogen) atoms. The molecule has 0 bridgehead atoms. The molecule has 0 aliphatic carbocycles. The van der Waals surface area contributed by atoms with Gasteiger partial charge in [-0.05, 0) is 36.1 Å². The molecule has 2 aromatic rings. The Labute approximate surface area is 126 Å². The first-order chi connectivity index (χ1) is 9.38. The molecule has 3 N–H and O–H groups in total. The molecular formula is C13H11BCl2O4. The summed E-state index contributed by atoms with van der Waals surface area (Å²) < 4.78 is 5.56. The van der Waals surface area contributed by atoms with Crippen molar-refractivity contribution in [2.24, 2.45) is 0 Å². The molecule has 0 amide bonds. The van der Waals surface area contributed by atoms with Crippen molar-refractivity contribution >= 4 is 35.8 Å². The molecule has 2 rings (SSSR count). The lowest BCUT2D eigenvalue weighted by Crippen LogP contribution is -2.30. The average Bonchev–Trinajstić information content (AvgIpc) is 2.35. The summed E-state index contributed by atoms with van der Waals surface area (Å²) in [6.45, 7) is 1.71. The number of phenolic OH excluding ortho intramolecular Hbond substituents is 1. The number of phenols is 1. The van der Waals surface area contributed by atoms with Crippen molar-refractivity contribution < 1.29 is 19.9 Å². The van der Waals surface area contributed by atoms with E-state index in [9.17, 15) is 5.11 Å². The molecule has 0 saturated carbocycles. The molecule has 0 saturated heterocycles. The largest absolute Gasteiger partial charge is 0.504 e. The maximum absolute atomic E-state index is 9.74. The third-order valence-electron chi connectivity index (χ3n) is 2.68. The van der Waals surface area contributed by atoms with Gasteiger partial charge in [-0.1, -0.05) is 29.3 Å². The average molecular weight is 313 g/mol. The van der Waals surface area contributed by atoms with Crippen LogP contribution in [0.2, 0.25) is 10.0 Å². The molecule has 104 valence electrons. The molecule has 0 heterocycles. The van der Waals surface area contributed by atoms with Crippen molar-refractivity contribution in [3.63, 3.8) is 0 Å². The first kappa shape index (κ1) is 15.0. The first-order valence-electron chi connectivity index (χ1n) is 5.71. The predicted molar refractivity (Wildman–Crippen MR) is 79.2 cm³/mol. The third kappa shape index (κ3) is 3.19. The van der Waals surface area contributed by atoms with Crippen molar-refractivity contribution in [3.05, 3.63) is 45.9 Å². The van der Waals surface area contributed by atoms with Crippen LogP contribution in [-0.2, 0) is 0 Å². The van der Waals surface area contributed by atoms with E-state index in [1.807, 2.05) is 0 Å². The van der Waals surface area contributed by atoms with Crippen LogP contribution >= 0.6 is 23.2 Å². The number of ether oxygens (including phenoxy) is 1. The SMILES string of the molecule is Cc1cc(B(O)O)cc(Cl)c1Oc1ccc(Cl)cc1O. The minimum atomic E-state index is -1.61. The second-order valence-electron chi connectivity index (χ2n) is 4.24. The van der Waals surface area contributed by atoms with Crippen molar-refractivity contribution in [3.8, 4) is 17.2 Å². The molecule has 0 aliphatic heterocycles. The molecule has 0 aliphatic rings. The Morgan fingerprint density at radius 1 is 1.10 bits per heavy atom. The van der Waals surface area contributed by atoms with Crippen molar-refractivity contribution in [2.45, 2.75) is 6.92 Å². The van der Waals surface area contributed by atoms with E-state index >= 15 is 0 Å². The van der Waals surface area contributed by atoms with E-state index < -0.39 is 7.12 Å². The highest BCUT2D eigenvalue weighted by atomic mass is 35.5. The molecule has 2 aromatic carbocycles. The highest BCUT2D eigenvalue weighted by molar-refractivity contribution is 6.59. The highest BCUT2D eigenvalue weighted by Gasteiger charge is 2.17. The normalized spacial score (nSPS) is 10.4. The standard InChI is InChI=1S/C13H11BCl2O4/c1-7-4-8(14(18)19)5-10(16)13(7)20-12-3-2-9(15)6-11(12)17/h2-6,17-19H,1H3. The second kappa shape index (κ2) is 5.93. The summed E-state index contributed by atoms with van der Waals surface area (Å²) >= 11 is 11.8. The van der Waals surface area contributed by atoms with Crippen LogP contribution in [0.25, 0.3) is 0 Å².